The number of hydrogen-bond donors (Lipinski definition) is 0. The number of nitrogens with zero attached hydrogens (tertiary/aromatic N) is 1. The molecule has 2 aromatic rings. The predicted molar refractivity (Wildman–Crippen MR) is 120 cm³/mol. The molecule has 2 aromatic carbocycles. The molecule has 2 rings (SSSR count). The van der Waals surface area contributed by atoms with E-state index in [1.165, 1.54) is 5.56 Å². The van der Waals surface area contributed by atoms with Gasteiger partial charge in [-0.1, -0.05) is 51.5 Å². The highest BCUT2D eigenvalue weighted by atomic mass is 16.6. The van der Waals surface area contributed by atoms with E-state index in [1.54, 1.807) is 17.0 Å². The van der Waals surface area contributed by atoms with Crippen LogP contribution in [-0.4, -0.2) is 30.1 Å². The minimum Gasteiger partial charge on any atom is -0.419 e. The van der Waals surface area contributed by atoms with Gasteiger partial charge in [-0.3, -0.25) is 0 Å². The van der Waals surface area contributed by atoms with Gasteiger partial charge < -0.3 is 14.4 Å². The molecule has 0 aliphatic rings. The smallest absolute Gasteiger partial charge is 0.415 e. The summed E-state index contributed by atoms with van der Waals surface area (Å²) in [6, 6.07) is 11.3. The maximum absolute atomic E-state index is 12.9. The van der Waals surface area contributed by atoms with Gasteiger partial charge in [0.15, 0.2) is 11.5 Å². The van der Waals surface area contributed by atoms with Crippen LogP contribution < -0.4 is 9.47 Å². The van der Waals surface area contributed by atoms with Crippen molar-refractivity contribution in [3.63, 3.8) is 0 Å². The second-order valence-electron chi connectivity index (χ2n) is 7.66. The lowest BCUT2D eigenvalue weighted by molar-refractivity contribution is 0.0725. The van der Waals surface area contributed by atoms with Crippen molar-refractivity contribution >= 4 is 12.1 Å². The van der Waals surface area contributed by atoms with Crippen molar-refractivity contribution in [3.8, 4) is 11.5 Å². The summed E-state index contributed by atoms with van der Waals surface area (Å²) < 4.78 is 11.5. The lowest BCUT2D eigenvalue weighted by Gasteiger charge is -2.22. The van der Waals surface area contributed by atoms with E-state index in [1.807, 2.05) is 58.9 Å². The van der Waals surface area contributed by atoms with Crippen LogP contribution in [0.25, 0.3) is 0 Å². The molecular weight excluding hydrogens is 378 g/mol. The van der Waals surface area contributed by atoms with Crippen LogP contribution in [0.2, 0.25) is 0 Å². The Morgan fingerprint density at radius 2 is 1.53 bits per heavy atom. The lowest BCUT2D eigenvalue weighted by atomic mass is 9.99. The van der Waals surface area contributed by atoms with Gasteiger partial charge in [-0.15, -0.1) is 0 Å². The van der Waals surface area contributed by atoms with E-state index in [0.717, 1.165) is 24.0 Å². The number of rotatable bonds is 8. The topological polar surface area (TPSA) is 55.8 Å². The fourth-order valence-electron chi connectivity index (χ4n) is 3.24. The number of amides is 1. The summed E-state index contributed by atoms with van der Waals surface area (Å²) in [5, 5.41) is 0. The van der Waals surface area contributed by atoms with Crippen LogP contribution in [0.1, 0.15) is 74.0 Å². The van der Waals surface area contributed by atoms with E-state index >= 15 is 0 Å². The minimum absolute atomic E-state index is 0.0891. The molecule has 0 fully saturated rings. The second-order valence-corrected chi connectivity index (χ2v) is 7.66. The summed E-state index contributed by atoms with van der Waals surface area (Å²) in [5.41, 5.74) is 3.20. The summed E-state index contributed by atoms with van der Waals surface area (Å²) in [7, 11) is 0. The fourth-order valence-corrected chi connectivity index (χ4v) is 3.24. The molecule has 0 unspecified atom stereocenters. The molecule has 1 amide bonds. The highest BCUT2D eigenvalue weighted by Gasteiger charge is 2.24. The molecule has 0 aliphatic carbocycles. The number of benzene rings is 2. The zero-order valence-electron chi connectivity index (χ0n) is 19.0. The maximum Gasteiger partial charge on any atom is 0.415 e. The van der Waals surface area contributed by atoms with Crippen molar-refractivity contribution < 1.29 is 19.1 Å². The molecule has 0 N–H and O–H groups in total. The van der Waals surface area contributed by atoms with Crippen LogP contribution in [0.15, 0.2) is 36.4 Å². The lowest BCUT2D eigenvalue weighted by Crippen LogP contribution is -2.33. The minimum atomic E-state index is -0.467. The van der Waals surface area contributed by atoms with E-state index in [4.69, 9.17) is 9.47 Å². The highest BCUT2D eigenvalue weighted by molar-refractivity contribution is 5.92. The molecule has 5 heteroatoms. The highest BCUT2D eigenvalue weighted by Crippen LogP contribution is 2.39. The molecule has 0 atom stereocenters. The quantitative estimate of drug-likeness (QED) is 0.387. The summed E-state index contributed by atoms with van der Waals surface area (Å²) in [6.07, 6.45) is 1.56. The predicted octanol–water partition coefficient (Wildman–Crippen LogP) is 6.13. The zero-order valence-corrected chi connectivity index (χ0v) is 19.0. The molecule has 0 saturated carbocycles. The average molecular weight is 412 g/mol. The Hall–Kier alpha value is -2.82. The van der Waals surface area contributed by atoms with E-state index < -0.39 is 12.1 Å². The summed E-state index contributed by atoms with van der Waals surface area (Å²) in [6.45, 7) is 12.8. The van der Waals surface area contributed by atoms with Crippen LogP contribution in [0.5, 0.6) is 11.5 Å². The van der Waals surface area contributed by atoms with Crippen molar-refractivity contribution in [1.82, 2.24) is 4.90 Å². The molecule has 0 aliphatic heterocycles. The van der Waals surface area contributed by atoms with Gasteiger partial charge in [0.1, 0.15) is 0 Å². The van der Waals surface area contributed by atoms with Crippen molar-refractivity contribution in [2.45, 2.75) is 60.3 Å². The van der Waals surface area contributed by atoms with Gasteiger partial charge in [0.2, 0.25) is 0 Å². The molecule has 0 bridgehead atoms. The van der Waals surface area contributed by atoms with Crippen molar-refractivity contribution in [3.05, 3.63) is 58.7 Å². The van der Waals surface area contributed by atoms with Gasteiger partial charge >= 0.3 is 12.1 Å². The van der Waals surface area contributed by atoms with Crippen LogP contribution in [0.3, 0.4) is 0 Å². The normalized spacial score (nSPS) is 10.8. The number of ether oxygens (including phenoxy) is 2. The van der Waals surface area contributed by atoms with Crippen LogP contribution in [0, 0.1) is 6.92 Å². The Kier molecular flexibility index (Phi) is 8.46. The van der Waals surface area contributed by atoms with Crippen molar-refractivity contribution in [2.75, 3.05) is 13.1 Å². The summed E-state index contributed by atoms with van der Waals surface area (Å²) >= 11 is 0. The van der Waals surface area contributed by atoms with Gasteiger partial charge in [-0.25, -0.2) is 9.59 Å². The third-order valence-corrected chi connectivity index (χ3v) is 5.10. The largest absolute Gasteiger partial charge is 0.419 e. The Morgan fingerprint density at radius 1 is 0.900 bits per heavy atom. The first-order valence-electron chi connectivity index (χ1n) is 10.7. The number of esters is 1. The van der Waals surface area contributed by atoms with E-state index in [2.05, 4.69) is 6.92 Å². The van der Waals surface area contributed by atoms with E-state index in [0.29, 0.717) is 30.2 Å². The third kappa shape index (κ3) is 5.62. The average Bonchev–Trinajstić information content (AvgIpc) is 2.72. The van der Waals surface area contributed by atoms with Gasteiger partial charge in [0.05, 0.1) is 5.56 Å². The van der Waals surface area contributed by atoms with Crippen molar-refractivity contribution in [2.24, 2.45) is 0 Å². The summed E-state index contributed by atoms with van der Waals surface area (Å²) in [4.78, 5) is 27.0. The first-order chi connectivity index (χ1) is 14.3. The molecule has 0 radical (unpaired) electrons. The molecular formula is C25H33NO4. The molecule has 5 nitrogen and oxygen atoms in total. The number of carbonyl (C=O) groups excluding carboxylic acids is 2. The Labute approximate surface area is 180 Å². The SMILES string of the molecule is CCCc1ccc(C(=O)Oc2c(C(C)C)ccc(C)c2OC(=O)N(CC)CC)cc1. The Morgan fingerprint density at radius 3 is 2.07 bits per heavy atom. The summed E-state index contributed by atoms with van der Waals surface area (Å²) in [5.74, 6) is 0.235. The second kappa shape index (κ2) is 10.8. The van der Waals surface area contributed by atoms with Gasteiger partial charge in [-0.05, 0) is 56.4 Å². The number of hydrogen-bond acceptors (Lipinski definition) is 4. The van der Waals surface area contributed by atoms with E-state index in [-0.39, 0.29) is 5.92 Å². The van der Waals surface area contributed by atoms with Crippen LogP contribution in [-0.2, 0) is 6.42 Å². The van der Waals surface area contributed by atoms with Crippen LogP contribution >= 0.6 is 0 Å². The van der Waals surface area contributed by atoms with Gasteiger partial charge in [-0.2, -0.15) is 0 Å². The maximum atomic E-state index is 12.9. The first-order valence-corrected chi connectivity index (χ1v) is 10.7. The molecule has 0 spiro atoms. The third-order valence-electron chi connectivity index (χ3n) is 5.10. The fraction of sp³-hybridized carbons (Fsp3) is 0.440. The Bertz CT molecular complexity index is 867. The monoisotopic (exact) mass is 411 g/mol. The van der Waals surface area contributed by atoms with Crippen molar-refractivity contribution in [1.29, 1.82) is 0 Å². The van der Waals surface area contributed by atoms with E-state index in [9.17, 15) is 9.59 Å². The van der Waals surface area contributed by atoms with Gasteiger partial charge in [0, 0.05) is 18.7 Å². The first kappa shape index (κ1) is 23.5. The number of carbonyl (C=O) groups is 2. The molecule has 0 heterocycles. The zero-order chi connectivity index (χ0) is 22.3. The Balaban J connectivity index is 2.39. The molecule has 30 heavy (non-hydrogen) atoms. The molecule has 162 valence electrons. The standard InChI is InChI=1S/C25H33NO4/c1-7-10-19-12-14-20(15-13-19)24(27)29-23-21(17(4)5)16-11-18(6)22(23)30-25(28)26(8-2)9-3/h11-17H,7-10H2,1-6H3. The van der Waals surface area contributed by atoms with Gasteiger partial charge in [0.25, 0.3) is 0 Å². The van der Waals surface area contributed by atoms with Crippen LogP contribution in [0.4, 0.5) is 4.79 Å². The molecule has 0 saturated heterocycles. The molecule has 0 aromatic heterocycles. The number of aryl methyl sites for hydroxylation is 2.